The molecule has 0 aliphatic carbocycles. The molecule has 12 heavy (non-hydrogen) atoms. The molecular weight excluding hydrogens is 190 g/mol. The van der Waals surface area contributed by atoms with E-state index in [2.05, 4.69) is 6.07 Å². The number of nitrogens with zero attached hydrogens (tertiary/aromatic N) is 1. The highest BCUT2D eigenvalue weighted by atomic mass is 32.2. The van der Waals surface area contributed by atoms with Gasteiger partial charge in [0.2, 0.25) is 0 Å². The summed E-state index contributed by atoms with van der Waals surface area (Å²) in [5, 5.41) is 13.1. The molecule has 0 fully saturated rings. The van der Waals surface area contributed by atoms with Crippen LogP contribution in [-0.2, 0) is 0 Å². The molecule has 0 saturated carbocycles. The Kier molecular flexibility index (Phi) is 1.68. The molecule has 0 saturated heterocycles. The Balaban J connectivity index is 2.90. The first-order chi connectivity index (χ1) is 5.86. The summed E-state index contributed by atoms with van der Waals surface area (Å²) in [6, 6.07) is 2.07. The minimum Gasteiger partial charge on any atom is -0.298 e. The lowest BCUT2D eigenvalue weighted by Gasteiger charge is -1.81. The number of rotatable bonds is 1. The third-order valence-electron chi connectivity index (χ3n) is 1.59. The van der Waals surface area contributed by atoms with Crippen molar-refractivity contribution in [1.82, 2.24) is 0 Å². The largest absolute Gasteiger partial charge is 0.298 e. The first-order valence-corrected chi connectivity index (χ1v) is 4.96. The van der Waals surface area contributed by atoms with Crippen LogP contribution in [0.3, 0.4) is 0 Å². The fourth-order valence-electron chi connectivity index (χ4n) is 1.05. The standard InChI is InChI=1S/C8H3NOS2/c9-1-5-3-11-8-7(5)6(2-10)4-12-8/h2-4H. The van der Waals surface area contributed by atoms with Crippen molar-refractivity contribution >= 4 is 38.4 Å². The Labute approximate surface area is 76.7 Å². The molecule has 0 aromatic carbocycles. The molecule has 0 amide bonds. The van der Waals surface area contributed by atoms with Crippen molar-refractivity contribution in [3.05, 3.63) is 21.9 Å². The molecule has 0 radical (unpaired) electrons. The number of aldehydes is 1. The second-order valence-corrected chi connectivity index (χ2v) is 4.25. The summed E-state index contributed by atoms with van der Waals surface area (Å²) >= 11 is 3.02. The average molecular weight is 193 g/mol. The normalized spacial score (nSPS) is 9.92. The Hall–Kier alpha value is -1.18. The van der Waals surface area contributed by atoms with Gasteiger partial charge in [0.15, 0.2) is 6.29 Å². The van der Waals surface area contributed by atoms with Gasteiger partial charge in [0.05, 0.1) is 9.58 Å². The van der Waals surface area contributed by atoms with Gasteiger partial charge in [-0.05, 0) is 0 Å². The summed E-state index contributed by atoms with van der Waals surface area (Å²) in [5.74, 6) is 0. The lowest BCUT2D eigenvalue weighted by Crippen LogP contribution is -1.74. The van der Waals surface area contributed by atoms with Crippen LogP contribution in [0.25, 0.3) is 9.40 Å². The SMILES string of the molecule is N#Cc1csc2scc(C=O)c12. The molecule has 2 rings (SSSR count). The van der Waals surface area contributed by atoms with E-state index in [0.29, 0.717) is 11.1 Å². The summed E-state index contributed by atoms with van der Waals surface area (Å²) in [4.78, 5) is 10.5. The zero-order valence-electron chi connectivity index (χ0n) is 5.90. The van der Waals surface area contributed by atoms with E-state index in [1.54, 1.807) is 10.8 Å². The van der Waals surface area contributed by atoms with Crippen molar-refractivity contribution in [2.75, 3.05) is 0 Å². The quantitative estimate of drug-likeness (QED) is 0.653. The third kappa shape index (κ3) is 0.876. The summed E-state index contributed by atoms with van der Waals surface area (Å²) in [6.45, 7) is 0. The number of nitriles is 1. The maximum absolute atomic E-state index is 10.5. The van der Waals surface area contributed by atoms with Gasteiger partial charge in [0.25, 0.3) is 0 Å². The zero-order valence-corrected chi connectivity index (χ0v) is 7.54. The molecule has 0 aliphatic rings. The van der Waals surface area contributed by atoms with Crippen molar-refractivity contribution in [2.45, 2.75) is 0 Å². The Morgan fingerprint density at radius 1 is 1.42 bits per heavy atom. The number of thiophene rings is 2. The van der Waals surface area contributed by atoms with Crippen LogP contribution < -0.4 is 0 Å². The third-order valence-corrected chi connectivity index (χ3v) is 3.73. The van der Waals surface area contributed by atoms with E-state index in [1.807, 2.05) is 0 Å². The Morgan fingerprint density at radius 3 is 2.83 bits per heavy atom. The van der Waals surface area contributed by atoms with Crippen LogP contribution in [0.1, 0.15) is 15.9 Å². The highest BCUT2D eigenvalue weighted by Gasteiger charge is 2.09. The van der Waals surface area contributed by atoms with Gasteiger partial charge in [-0.3, -0.25) is 4.79 Å². The topological polar surface area (TPSA) is 40.9 Å². The first kappa shape index (κ1) is 7.47. The summed E-state index contributed by atoms with van der Waals surface area (Å²) < 4.78 is 1.05. The van der Waals surface area contributed by atoms with E-state index < -0.39 is 0 Å². The Bertz CT molecular complexity index is 475. The van der Waals surface area contributed by atoms with Gasteiger partial charge in [-0.25, -0.2) is 0 Å². The lowest BCUT2D eigenvalue weighted by molar-refractivity contribution is 0.112. The van der Waals surface area contributed by atoms with Crippen molar-refractivity contribution in [3.8, 4) is 6.07 Å². The highest BCUT2D eigenvalue weighted by Crippen LogP contribution is 2.33. The summed E-state index contributed by atoms with van der Waals surface area (Å²) in [7, 11) is 0. The molecule has 4 heteroatoms. The molecule has 0 aliphatic heterocycles. The minimum absolute atomic E-state index is 0.610. The van der Waals surface area contributed by atoms with E-state index in [-0.39, 0.29) is 0 Å². The fourth-order valence-corrected chi connectivity index (χ4v) is 3.05. The minimum atomic E-state index is 0.610. The molecule has 2 nitrogen and oxygen atoms in total. The molecule has 0 unspecified atom stereocenters. The molecule has 0 bridgehead atoms. The van der Waals surface area contributed by atoms with Crippen LogP contribution in [0.5, 0.6) is 0 Å². The smallest absolute Gasteiger partial charge is 0.151 e. The van der Waals surface area contributed by atoms with Gasteiger partial charge < -0.3 is 0 Å². The van der Waals surface area contributed by atoms with Gasteiger partial charge >= 0.3 is 0 Å². The molecule has 58 valence electrons. The number of hydrogen-bond acceptors (Lipinski definition) is 4. The van der Waals surface area contributed by atoms with Crippen LogP contribution in [-0.4, -0.2) is 6.29 Å². The van der Waals surface area contributed by atoms with Gasteiger partial charge in [0.1, 0.15) is 6.07 Å². The van der Waals surface area contributed by atoms with Crippen LogP contribution in [0.4, 0.5) is 0 Å². The predicted octanol–water partition coefficient (Wildman–Crippen LogP) is 2.65. The van der Waals surface area contributed by atoms with E-state index >= 15 is 0 Å². The lowest BCUT2D eigenvalue weighted by atomic mass is 10.2. The van der Waals surface area contributed by atoms with Crippen molar-refractivity contribution in [3.63, 3.8) is 0 Å². The average Bonchev–Trinajstić information content (AvgIpc) is 2.62. The van der Waals surface area contributed by atoms with Gasteiger partial charge in [-0.2, -0.15) is 5.26 Å². The number of fused-ring (bicyclic) bond motifs is 1. The fraction of sp³-hybridized carbons (Fsp3) is 0. The van der Waals surface area contributed by atoms with E-state index in [0.717, 1.165) is 15.7 Å². The monoisotopic (exact) mass is 193 g/mol. The second kappa shape index (κ2) is 2.70. The van der Waals surface area contributed by atoms with Crippen LogP contribution in [0.2, 0.25) is 0 Å². The zero-order chi connectivity index (χ0) is 8.55. The molecule has 2 aromatic rings. The molecular formula is C8H3NOS2. The van der Waals surface area contributed by atoms with Crippen LogP contribution >= 0.6 is 22.7 Å². The Morgan fingerprint density at radius 2 is 2.17 bits per heavy atom. The summed E-state index contributed by atoms with van der Waals surface area (Å²) in [5.41, 5.74) is 1.24. The number of carbonyl (C=O) groups excluding carboxylic acids is 1. The predicted molar refractivity (Wildman–Crippen MR) is 49.8 cm³/mol. The van der Waals surface area contributed by atoms with Crippen molar-refractivity contribution in [2.24, 2.45) is 0 Å². The van der Waals surface area contributed by atoms with E-state index in [9.17, 15) is 4.79 Å². The van der Waals surface area contributed by atoms with Crippen LogP contribution in [0.15, 0.2) is 10.8 Å². The van der Waals surface area contributed by atoms with E-state index in [4.69, 9.17) is 5.26 Å². The second-order valence-electron chi connectivity index (χ2n) is 2.23. The maximum Gasteiger partial charge on any atom is 0.151 e. The van der Waals surface area contributed by atoms with Gasteiger partial charge in [-0.1, -0.05) is 0 Å². The number of carbonyl (C=O) groups is 1. The molecule has 0 spiro atoms. The molecule has 0 atom stereocenters. The van der Waals surface area contributed by atoms with E-state index in [1.165, 1.54) is 22.7 Å². The maximum atomic E-state index is 10.5. The van der Waals surface area contributed by atoms with Crippen LogP contribution in [0, 0.1) is 11.3 Å². The first-order valence-electron chi connectivity index (χ1n) is 3.20. The summed E-state index contributed by atoms with van der Waals surface area (Å²) in [6.07, 6.45) is 0.798. The van der Waals surface area contributed by atoms with Crippen molar-refractivity contribution in [1.29, 1.82) is 5.26 Å². The van der Waals surface area contributed by atoms with Gasteiger partial charge in [0, 0.05) is 21.7 Å². The van der Waals surface area contributed by atoms with Crippen molar-refractivity contribution < 1.29 is 4.79 Å². The number of hydrogen-bond donors (Lipinski definition) is 0. The van der Waals surface area contributed by atoms with Gasteiger partial charge in [-0.15, -0.1) is 22.7 Å². The molecule has 2 aromatic heterocycles. The highest BCUT2D eigenvalue weighted by molar-refractivity contribution is 7.37. The molecule has 2 heterocycles. The molecule has 0 N–H and O–H groups in total.